The van der Waals surface area contributed by atoms with Crippen molar-refractivity contribution < 1.29 is 9.90 Å². The lowest BCUT2D eigenvalue weighted by atomic mass is 10.1. The average molecular weight is 442 g/mol. The number of benzene rings is 2. The van der Waals surface area contributed by atoms with Gasteiger partial charge < -0.3 is 9.67 Å². The van der Waals surface area contributed by atoms with Gasteiger partial charge in [0.05, 0.1) is 16.3 Å². The minimum atomic E-state index is -0.973. The van der Waals surface area contributed by atoms with Crippen LogP contribution in [0.1, 0.15) is 39.7 Å². The number of hydrogen-bond acceptors (Lipinski definition) is 2. The van der Waals surface area contributed by atoms with Crippen molar-refractivity contribution in [2.45, 2.75) is 26.3 Å². The summed E-state index contributed by atoms with van der Waals surface area (Å²) in [6.07, 6.45) is 5.21. The van der Waals surface area contributed by atoms with Crippen LogP contribution in [-0.4, -0.2) is 15.6 Å². The summed E-state index contributed by atoms with van der Waals surface area (Å²) < 4.78 is 1.55. The molecule has 0 fully saturated rings. The van der Waals surface area contributed by atoms with E-state index in [4.69, 9.17) is 28.3 Å². The Labute approximate surface area is 185 Å². The van der Waals surface area contributed by atoms with Crippen molar-refractivity contribution >= 4 is 41.3 Å². The number of rotatable bonds is 7. The molecule has 2 aromatic carbocycles. The van der Waals surface area contributed by atoms with E-state index in [0.717, 1.165) is 17.5 Å². The van der Waals surface area contributed by atoms with E-state index in [1.165, 1.54) is 11.6 Å². The predicted molar refractivity (Wildman–Crippen MR) is 123 cm³/mol. The van der Waals surface area contributed by atoms with Gasteiger partial charge in [0.25, 0.3) is 5.56 Å². The molecule has 0 atom stereocenters. The molecule has 1 heterocycles. The molecule has 4 nitrogen and oxygen atoms in total. The van der Waals surface area contributed by atoms with Crippen molar-refractivity contribution in [2.75, 3.05) is 0 Å². The van der Waals surface area contributed by atoms with Crippen LogP contribution in [0.2, 0.25) is 10.0 Å². The molecule has 0 amide bonds. The third-order valence-electron chi connectivity index (χ3n) is 4.86. The normalized spacial score (nSPS) is 11.2. The van der Waals surface area contributed by atoms with Gasteiger partial charge in [0.15, 0.2) is 0 Å². The number of carboxylic acids is 1. The molecule has 1 aromatic heterocycles. The molecule has 154 valence electrons. The lowest BCUT2D eigenvalue weighted by Crippen LogP contribution is -2.24. The Morgan fingerprint density at radius 1 is 1.00 bits per heavy atom. The summed E-state index contributed by atoms with van der Waals surface area (Å²) in [4.78, 5) is 23.7. The highest BCUT2D eigenvalue weighted by atomic mass is 35.5. The van der Waals surface area contributed by atoms with Gasteiger partial charge >= 0.3 is 5.97 Å². The molecule has 0 saturated carbocycles. The molecule has 0 aliphatic heterocycles. The fourth-order valence-corrected chi connectivity index (χ4v) is 3.69. The standard InChI is InChI=1S/C24H21Cl2NO3/c1-2-16-4-3-5-18(14-16)8-11-22-20(25)15-21(26)23(28)27(22)13-12-17-6-9-19(10-7-17)24(29)30/h3-11,14-15H,2,12-13H2,1H3,(H,29,30). The Balaban J connectivity index is 1.90. The van der Waals surface area contributed by atoms with Crippen LogP contribution in [0.15, 0.2) is 59.4 Å². The van der Waals surface area contributed by atoms with Crippen molar-refractivity contribution in [3.63, 3.8) is 0 Å². The molecule has 0 aliphatic carbocycles. The number of aromatic carboxylic acids is 1. The predicted octanol–water partition coefficient (Wildman–Crippen LogP) is 5.83. The molecule has 0 radical (unpaired) electrons. The summed E-state index contributed by atoms with van der Waals surface area (Å²) >= 11 is 12.5. The second-order valence-corrected chi connectivity index (χ2v) is 7.68. The van der Waals surface area contributed by atoms with Crippen molar-refractivity contribution in [1.82, 2.24) is 4.57 Å². The van der Waals surface area contributed by atoms with E-state index in [0.29, 0.717) is 23.7 Å². The van der Waals surface area contributed by atoms with Gasteiger partial charge in [-0.25, -0.2) is 4.79 Å². The first-order valence-electron chi connectivity index (χ1n) is 9.57. The first kappa shape index (κ1) is 21.9. The molecule has 0 aliphatic rings. The van der Waals surface area contributed by atoms with Crippen LogP contribution in [0, 0.1) is 0 Å². The first-order chi connectivity index (χ1) is 14.4. The Hall–Kier alpha value is -2.82. The number of hydrogen-bond donors (Lipinski definition) is 1. The van der Waals surface area contributed by atoms with Crippen LogP contribution in [0.4, 0.5) is 0 Å². The molecule has 3 aromatic rings. The van der Waals surface area contributed by atoms with Gasteiger partial charge in [-0.15, -0.1) is 0 Å². The lowest BCUT2D eigenvalue weighted by Gasteiger charge is -2.13. The molecule has 30 heavy (non-hydrogen) atoms. The third-order valence-corrected chi connectivity index (χ3v) is 5.43. The van der Waals surface area contributed by atoms with E-state index in [-0.39, 0.29) is 16.1 Å². The Bertz CT molecular complexity index is 1150. The van der Waals surface area contributed by atoms with Crippen LogP contribution in [0.5, 0.6) is 0 Å². The van der Waals surface area contributed by atoms with Gasteiger partial charge in [-0.2, -0.15) is 0 Å². The monoisotopic (exact) mass is 441 g/mol. The highest BCUT2D eigenvalue weighted by molar-refractivity contribution is 6.35. The number of halogens is 2. The lowest BCUT2D eigenvalue weighted by molar-refractivity contribution is 0.0697. The van der Waals surface area contributed by atoms with Crippen LogP contribution >= 0.6 is 23.2 Å². The highest BCUT2D eigenvalue weighted by Crippen LogP contribution is 2.21. The van der Waals surface area contributed by atoms with Crippen molar-refractivity contribution in [1.29, 1.82) is 0 Å². The maximum atomic E-state index is 12.7. The maximum absolute atomic E-state index is 12.7. The zero-order valence-electron chi connectivity index (χ0n) is 16.4. The van der Waals surface area contributed by atoms with Gasteiger partial charge in [-0.3, -0.25) is 4.79 Å². The van der Waals surface area contributed by atoms with Gasteiger partial charge in [-0.1, -0.05) is 72.6 Å². The van der Waals surface area contributed by atoms with Gasteiger partial charge in [0.2, 0.25) is 0 Å². The molecular formula is C24H21Cl2NO3. The smallest absolute Gasteiger partial charge is 0.335 e. The summed E-state index contributed by atoms with van der Waals surface area (Å²) in [6.45, 7) is 2.46. The molecule has 1 N–H and O–H groups in total. The number of aromatic nitrogens is 1. The minimum Gasteiger partial charge on any atom is -0.478 e. The maximum Gasteiger partial charge on any atom is 0.335 e. The van der Waals surface area contributed by atoms with Crippen molar-refractivity contribution in [2.24, 2.45) is 0 Å². The molecule has 0 unspecified atom stereocenters. The highest BCUT2D eigenvalue weighted by Gasteiger charge is 2.11. The quantitative estimate of drug-likeness (QED) is 0.501. The van der Waals surface area contributed by atoms with E-state index in [9.17, 15) is 9.59 Å². The zero-order chi connectivity index (χ0) is 21.7. The fourth-order valence-electron chi connectivity index (χ4n) is 3.15. The molecule has 3 rings (SSSR count). The Kier molecular flexibility index (Phi) is 7.14. The summed E-state index contributed by atoms with van der Waals surface area (Å²) in [5.41, 5.74) is 3.64. The number of nitrogens with zero attached hydrogens (tertiary/aromatic N) is 1. The number of pyridine rings is 1. The molecular weight excluding hydrogens is 421 g/mol. The van der Waals surface area contributed by atoms with E-state index in [1.807, 2.05) is 24.3 Å². The van der Waals surface area contributed by atoms with E-state index in [1.54, 1.807) is 28.8 Å². The Morgan fingerprint density at radius 3 is 2.40 bits per heavy atom. The SMILES string of the molecule is CCc1cccc(C=Cc2c(Cl)cc(Cl)c(=O)n2CCc2ccc(C(=O)O)cc2)c1. The summed E-state index contributed by atoms with van der Waals surface area (Å²) in [5, 5.41) is 9.47. The number of carboxylic acid groups (broad SMARTS) is 1. The van der Waals surface area contributed by atoms with Gasteiger partial charge in [0.1, 0.15) is 5.02 Å². The van der Waals surface area contributed by atoms with Gasteiger partial charge in [-0.05, 0) is 53.8 Å². The summed E-state index contributed by atoms with van der Waals surface area (Å²) in [5.74, 6) is -0.973. The summed E-state index contributed by atoms with van der Waals surface area (Å²) in [7, 11) is 0. The second kappa shape index (κ2) is 9.79. The Morgan fingerprint density at radius 2 is 1.73 bits per heavy atom. The summed E-state index contributed by atoms with van der Waals surface area (Å²) in [6, 6.07) is 16.2. The topological polar surface area (TPSA) is 59.3 Å². The minimum absolute atomic E-state index is 0.0614. The molecule has 0 bridgehead atoms. The van der Waals surface area contributed by atoms with E-state index >= 15 is 0 Å². The van der Waals surface area contributed by atoms with E-state index < -0.39 is 5.97 Å². The first-order valence-corrected chi connectivity index (χ1v) is 10.3. The van der Waals surface area contributed by atoms with Crippen molar-refractivity contribution in [3.8, 4) is 0 Å². The number of carbonyl (C=O) groups is 1. The van der Waals surface area contributed by atoms with Crippen LogP contribution in [-0.2, 0) is 19.4 Å². The van der Waals surface area contributed by atoms with Crippen LogP contribution in [0.3, 0.4) is 0 Å². The fraction of sp³-hybridized carbons (Fsp3) is 0.167. The molecule has 0 saturated heterocycles. The third kappa shape index (κ3) is 5.21. The largest absolute Gasteiger partial charge is 0.478 e. The average Bonchev–Trinajstić information content (AvgIpc) is 2.75. The van der Waals surface area contributed by atoms with Crippen LogP contribution in [0.25, 0.3) is 12.2 Å². The molecule has 0 spiro atoms. The van der Waals surface area contributed by atoms with Gasteiger partial charge in [0, 0.05) is 6.54 Å². The van der Waals surface area contributed by atoms with E-state index in [2.05, 4.69) is 19.1 Å². The molecule has 6 heteroatoms. The van der Waals surface area contributed by atoms with Crippen LogP contribution < -0.4 is 5.56 Å². The zero-order valence-corrected chi connectivity index (χ0v) is 18.0. The second-order valence-electron chi connectivity index (χ2n) is 6.87. The number of aryl methyl sites for hydroxylation is 2. The van der Waals surface area contributed by atoms with Crippen molar-refractivity contribution in [3.05, 3.63) is 103 Å².